The Balaban J connectivity index is 0.00000261. The smallest absolute Gasteiger partial charge is 0.227 e. The fourth-order valence-corrected chi connectivity index (χ4v) is 2.71. The first-order valence-corrected chi connectivity index (χ1v) is 8.56. The number of Topliss-reactive ketones (excluding diaryl/α,β-unsaturated/α-hetero) is 1. The van der Waals surface area contributed by atoms with Crippen LogP contribution >= 0.6 is 12.4 Å². The van der Waals surface area contributed by atoms with E-state index in [0.29, 0.717) is 29.4 Å². The summed E-state index contributed by atoms with van der Waals surface area (Å²) in [5.41, 5.74) is 6.18. The summed E-state index contributed by atoms with van der Waals surface area (Å²) in [6.07, 6.45) is 3.23. The minimum absolute atomic E-state index is 0. The average molecular weight is 395 g/mol. The Morgan fingerprint density at radius 2 is 2.00 bits per heavy atom. The number of hydrogen-bond donors (Lipinski definition) is 2. The molecular formula is C18H23ClN4O4. The Morgan fingerprint density at radius 3 is 2.59 bits per heavy atom. The van der Waals surface area contributed by atoms with Crippen LogP contribution in [0.25, 0.3) is 0 Å². The van der Waals surface area contributed by atoms with Gasteiger partial charge in [0.2, 0.25) is 11.8 Å². The Hall–Kier alpha value is -2.45. The Bertz CT molecular complexity index is 787. The molecule has 1 aromatic heterocycles. The van der Waals surface area contributed by atoms with Gasteiger partial charge in [-0.05, 0) is 43.5 Å². The fourth-order valence-electron chi connectivity index (χ4n) is 2.71. The number of methoxy groups -OCH3 is 1. The van der Waals surface area contributed by atoms with Crippen LogP contribution in [0, 0.1) is 0 Å². The monoisotopic (exact) mass is 394 g/mol. The number of aryl methyl sites for hydroxylation is 1. The van der Waals surface area contributed by atoms with Gasteiger partial charge in [-0.3, -0.25) is 9.59 Å². The molecule has 1 aliphatic rings. The summed E-state index contributed by atoms with van der Waals surface area (Å²) in [5.74, 6) is 1.14. The third kappa shape index (κ3) is 5.05. The van der Waals surface area contributed by atoms with Crippen molar-refractivity contribution in [3.05, 3.63) is 41.5 Å². The highest BCUT2D eigenvalue weighted by Crippen LogP contribution is 2.36. The lowest BCUT2D eigenvalue weighted by molar-refractivity contribution is -0.120. The number of amides is 1. The van der Waals surface area contributed by atoms with Gasteiger partial charge in [-0.1, -0.05) is 5.16 Å². The van der Waals surface area contributed by atoms with Crippen molar-refractivity contribution >= 4 is 24.1 Å². The van der Waals surface area contributed by atoms with E-state index in [0.717, 1.165) is 19.3 Å². The van der Waals surface area contributed by atoms with Crippen LogP contribution in [0.5, 0.6) is 5.75 Å². The van der Waals surface area contributed by atoms with Crippen LogP contribution in [0.4, 0.5) is 0 Å². The zero-order valence-electron chi connectivity index (χ0n) is 15.1. The average Bonchev–Trinajstić information content (AvgIpc) is 3.12. The van der Waals surface area contributed by atoms with E-state index >= 15 is 0 Å². The Kier molecular flexibility index (Phi) is 6.92. The number of nitrogens with two attached hydrogens (primary N) is 1. The molecule has 1 aromatic carbocycles. The Morgan fingerprint density at radius 1 is 1.30 bits per heavy atom. The second-order valence-electron chi connectivity index (χ2n) is 6.45. The first-order valence-electron chi connectivity index (χ1n) is 8.56. The van der Waals surface area contributed by atoms with E-state index < -0.39 is 5.54 Å². The third-order valence-electron chi connectivity index (χ3n) is 4.58. The summed E-state index contributed by atoms with van der Waals surface area (Å²) < 4.78 is 10.2. The van der Waals surface area contributed by atoms with Crippen LogP contribution in [0.2, 0.25) is 0 Å². The molecule has 3 rings (SSSR count). The number of nitrogens with one attached hydrogen (secondary N) is 1. The van der Waals surface area contributed by atoms with Crippen molar-refractivity contribution in [3.63, 3.8) is 0 Å². The molecule has 1 fully saturated rings. The first kappa shape index (κ1) is 20.9. The zero-order chi connectivity index (χ0) is 18.6. The van der Waals surface area contributed by atoms with Gasteiger partial charge < -0.3 is 20.3 Å². The molecule has 0 atom stereocenters. The second-order valence-corrected chi connectivity index (χ2v) is 6.45. The number of aromatic nitrogens is 2. The number of carbonyl (C=O) groups is 2. The van der Waals surface area contributed by atoms with Crippen molar-refractivity contribution in [1.82, 2.24) is 15.5 Å². The van der Waals surface area contributed by atoms with E-state index in [2.05, 4.69) is 15.5 Å². The molecular weight excluding hydrogens is 372 g/mol. The predicted molar refractivity (Wildman–Crippen MR) is 99.9 cm³/mol. The summed E-state index contributed by atoms with van der Waals surface area (Å²) in [5, 5.41) is 6.51. The summed E-state index contributed by atoms with van der Waals surface area (Å²) >= 11 is 0. The molecule has 0 bridgehead atoms. The number of ketones is 1. The quantitative estimate of drug-likeness (QED) is 0.654. The maximum absolute atomic E-state index is 12.1. The molecule has 8 nitrogen and oxygen atoms in total. The van der Waals surface area contributed by atoms with Crippen LogP contribution in [-0.2, 0) is 16.8 Å². The van der Waals surface area contributed by atoms with Crippen molar-refractivity contribution in [3.8, 4) is 5.75 Å². The van der Waals surface area contributed by atoms with Crippen LogP contribution in [-0.4, -0.2) is 35.5 Å². The van der Waals surface area contributed by atoms with Gasteiger partial charge in [-0.2, -0.15) is 4.98 Å². The highest BCUT2D eigenvalue weighted by atomic mass is 35.5. The van der Waals surface area contributed by atoms with E-state index in [9.17, 15) is 9.59 Å². The molecule has 27 heavy (non-hydrogen) atoms. The van der Waals surface area contributed by atoms with E-state index in [-0.39, 0.29) is 37.1 Å². The van der Waals surface area contributed by atoms with Crippen molar-refractivity contribution in [2.24, 2.45) is 5.73 Å². The molecule has 1 aliphatic carbocycles. The number of carbonyl (C=O) groups excluding carboxylic acids is 2. The zero-order valence-corrected chi connectivity index (χ0v) is 15.9. The molecule has 0 saturated heterocycles. The van der Waals surface area contributed by atoms with E-state index in [4.69, 9.17) is 15.0 Å². The van der Waals surface area contributed by atoms with Crippen molar-refractivity contribution < 1.29 is 18.8 Å². The summed E-state index contributed by atoms with van der Waals surface area (Å²) in [4.78, 5) is 28.3. The fraction of sp³-hybridized carbons (Fsp3) is 0.444. The lowest BCUT2D eigenvalue weighted by atomic mass is 9.77. The molecule has 1 amide bonds. The van der Waals surface area contributed by atoms with Crippen molar-refractivity contribution in [2.75, 3.05) is 13.7 Å². The van der Waals surface area contributed by atoms with Crippen molar-refractivity contribution in [2.45, 2.75) is 37.6 Å². The largest absolute Gasteiger partial charge is 0.497 e. The van der Waals surface area contributed by atoms with Gasteiger partial charge in [0, 0.05) is 18.4 Å². The molecule has 2 aromatic rings. The number of hydrogen-bond acceptors (Lipinski definition) is 7. The highest BCUT2D eigenvalue weighted by molar-refractivity contribution is 5.99. The number of halogens is 1. The SMILES string of the molecule is COc1ccc(C(=O)CNC(=O)CCc2nc(C3(N)CCC3)no2)cc1.Cl. The van der Waals surface area contributed by atoms with Gasteiger partial charge in [-0.15, -0.1) is 12.4 Å². The molecule has 3 N–H and O–H groups in total. The lowest BCUT2D eigenvalue weighted by Gasteiger charge is -2.34. The highest BCUT2D eigenvalue weighted by Gasteiger charge is 2.38. The topological polar surface area (TPSA) is 120 Å². The molecule has 0 aliphatic heterocycles. The number of nitrogens with zero attached hydrogens (tertiary/aromatic N) is 2. The summed E-state index contributed by atoms with van der Waals surface area (Å²) in [7, 11) is 1.56. The van der Waals surface area contributed by atoms with Crippen molar-refractivity contribution in [1.29, 1.82) is 0 Å². The minimum Gasteiger partial charge on any atom is -0.497 e. The normalized spacial score (nSPS) is 14.6. The van der Waals surface area contributed by atoms with Crippen LogP contribution < -0.4 is 15.8 Å². The van der Waals surface area contributed by atoms with Gasteiger partial charge in [0.1, 0.15) is 5.75 Å². The second kappa shape index (κ2) is 8.96. The van der Waals surface area contributed by atoms with Gasteiger partial charge in [0.15, 0.2) is 11.6 Å². The molecule has 0 unspecified atom stereocenters. The van der Waals surface area contributed by atoms with Gasteiger partial charge >= 0.3 is 0 Å². The van der Waals surface area contributed by atoms with Crippen LogP contribution in [0.1, 0.15) is 47.8 Å². The lowest BCUT2D eigenvalue weighted by Crippen LogP contribution is -2.44. The van der Waals surface area contributed by atoms with E-state index in [1.54, 1.807) is 31.4 Å². The Labute approximate surface area is 163 Å². The van der Waals surface area contributed by atoms with E-state index in [1.807, 2.05) is 0 Å². The number of ether oxygens (including phenoxy) is 1. The molecule has 1 heterocycles. The van der Waals surface area contributed by atoms with Crippen LogP contribution in [0.15, 0.2) is 28.8 Å². The molecule has 146 valence electrons. The molecule has 9 heteroatoms. The number of benzene rings is 1. The summed E-state index contributed by atoms with van der Waals surface area (Å²) in [6, 6.07) is 6.73. The van der Waals surface area contributed by atoms with E-state index in [1.165, 1.54) is 0 Å². The maximum Gasteiger partial charge on any atom is 0.227 e. The molecule has 1 saturated carbocycles. The third-order valence-corrected chi connectivity index (χ3v) is 4.58. The van der Waals surface area contributed by atoms with Gasteiger partial charge in [0.05, 0.1) is 19.2 Å². The minimum atomic E-state index is -0.477. The summed E-state index contributed by atoms with van der Waals surface area (Å²) in [6.45, 7) is -0.0633. The standard InChI is InChI=1S/C18H22N4O4.ClH/c1-25-13-5-3-12(4-6-13)14(23)11-20-15(24)7-8-16-21-17(22-26-16)18(19)9-2-10-18;/h3-6H,2,7-11,19H2,1H3,(H,20,24);1H. The predicted octanol–water partition coefficient (Wildman–Crippen LogP) is 1.77. The molecule has 0 spiro atoms. The number of rotatable bonds is 8. The maximum atomic E-state index is 12.1. The van der Waals surface area contributed by atoms with Gasteiger partial charge in [-0.25, -0.2) is 0 Å². The van der Waals surface area contributed by atoms with Crippen LogP contribution in [0.3, 0.4) is 0 Å². The molecule has 0 radical (unpaired) electrons. The first-order chi connectivity index (χ1) is 12.5. The van der Waals surface area contributed by atoms with Gasteiger partial charge in [0.25, 0.3) is 0 Å².